The zero-order chi connectivity index (χ0) is 17.4. The molecule has 0 radical (unpaired) electrons. The molecule has 0 atom stereocenters. The minimum Gasteiger partial charge on any atom is -0.233 e. The van der Waals surface area contributed by atoms with Crippen molar-refractivity contribution in [1.82, 2.24) is 4.57 Å². The van der Waals surface area contributed by atoms with Crippen LogP contribution >= 0.6 is 0 Å². The molecule has 2 aromatic heterocycles. The molecule has 0 N–H and O–H groups in total. The lowest BCUT2D eigenvalue weighted by atomic mass is 10.0. The standard InChI is InChI=1S/C21H27N3/c1-15(2)23-12-11-22(6)21(23)19-13-16(3)14-20(18(19)5)24-10-8-7-9-17(24)4/h7-15H,1-6H3/q+2. The van der Waals surface area contributed by atoms with Gasteiger partial charge >= 0.3 is 0 Å². The van der Waals surface area contributed by atoms with E-state index in [4.69, 9.17) is 0 Å². The van der Waals surface area contributed by atoms with Crippen LogP contribution in [0.5, 0.6) is 0 Å². The van der Waals surface area contributed by atoms with Crippen molar-refractivity contribution in [2.24, 2.45) is 7.05 Å². The highest BCUT2D eigenvalue weighted by Gasteiger charge is 2.25. The Morgan fingerprint density at radius 3 is 2.42 bits per heavy atom. The molecule has 24 heavy (non-hydrogen) atoms. The fourth-order valence-corrected chi connectivity index (χ4v) is 3.36. The largest absolute Gasteiger partial charge is 0.289 e. The van der Waals surface area contributed by atoms with Crippen molar-refractivity contribution < 1.29 is 9.13 Å². The van der Waals surface area contributed by atoms with Gasteiger partial charge in [0.1, 0.15) is 12.4 Å². The summed E-state index contributed by atoms with van der Waals surface area (Å²) < 4.78 is 6.83. The minimum absolute atomic E-state index is 0.427. The number of aryl methyl sites for hydroxylation is 3. The quantitative estimate of drug-likeness (QED) is 0.652. The van der Waals surface area contributed by atoms with Gasteiger partial charge in [0.25, 0.3) is 5.82 Å². The van der Waals surface area contributed by atoms with Gasteiger partial charge in [0.15, 0.2) is 11.9 Å². The first-order valence-electron chi connectivity index (χ1n) is 8.56. The fraction of sp³-hybridized carbons (Fsp3) is 0.333. The summed E-state index contributed by atoms with van der Waals surface area (Å²) in [5.41, 5.74) is 6.36. The predicted octanol–water partition coefficient (Wildman–Crippen LogP) is 3.76. The predicted molar refractivity (Wildman–Crippen MR) is 97.2 cm³/mol. The van der Waals surface area contributed by atoms with E-state index in [1.54, 1.807) is 0 Å². The Hall–Kier alpha value is -2.42. The maximum Gasteiger partial charge on any atom is 0.289 e. The summed E-state index contributed by atoms with van der Waals surface area (Å²) in [4.78, 5) is 0. The summed E-state index contributed by atoms with van der Waals surface area (Å²) in [7, 11) is 2.12. The van der Waals surface area contributed by atoms with Gasteiger partial charge < -0.3 is 0 Å². The van der Waals surface area contributed by atoms with Crippen LogP contribution < -0.4 is 9.13 Å². The summed E-state index contributed by atoms with van der Waals surface area (Å²) in [5, 5.41) is 0. The second-order valence-electron chi connectivity index (χ2n) is 6.90. The average molecular weight is 321 g/mol. The van der Waals surface area contributed by atoms with E-state index in [0.29, 0.717) is 6.04 Å². The second kappa shape index (κ2) is 6.23. The van der Waals surface area contributed by atoms with E-state index in [1.807, 2.05) is 0 Å². The zero-order valence-corrected chi connectivity index (χ0v) is 15.5. The summed E-state index contributed by atoms with van der Waals surface area (Å²) in [5.74, 6) is 1.25. The fourth-order valence-electron chi connectivity index (χ4n) is 3.36. The Balaban J connectivity index is 2.29. The summed E-state index contributed by atoms with van der Waals surface area (Å²) in [6.07, 6.45) is 6.45. The normalized spacial score (nSPS) is 11.3. The number of nitrogens with zero attached hydrogens (tertiary/aromatic N) is 3. The third-order valence-electron chi connectivity index (χ3n) is 4.67. The molecule has 1 aromatic carbocycles. The van der Waals surface area contributed by atoms with Crippen LogP contribution in [0.3, 0.4) is 0 Å². The van der Waals surface area contributed by atoms with Gasteiger partial charge in [-0.1, -0.05) is 6.07 Å². The average Bonchev–Trinajstić information content (AvgIpc) is 2.92. The third kappa shape index (κ3) is 2.75. The first kappa shape index (κ1) is 16.4. The van der Waals surface area contributed by atoms with E-state index < -0.39 is 0 Å². The van der Waals surface area contributed by atoms with Gasteiger partial charge in [0.2, 0.25) is 5.69 Å². The molecule has 0 spiro atoms. The molecule has 3 aromatic rings. The van der Waals surface area contributed by atoms with Gasteiger partial charge in [-0.3, -0.25) is 0 Å². The maximum absolute atomic E-state index is 2.34. The van der Waals surface area contributed by atoms with E-state index in [9.17, 15) is 0 Å². The van der Waals surface area contributed by atoms with Crippen molar-refractivity contribution in [2.75, 3.05) is 0 Å². The Labute approximate surface area is 144 Å². The molecule has 0 aliphatic carbocycles. The van der Waals surface area contributed by atoms with Crippen LogP contribution in [0.4, 0.5) is 0 Å². The SMILES string of the molecule is Cc1cc(-c2n(C(C)C)cc[n+]2C)c(C)c(-[n+]2ccccc2C)c1. The molecule has 0 aliphatic heterocycles. The van der Waals surface area contributed by atoms with Gasteiger partial charge in [-0.25, -0.2) is 9.13 Å². The van der Waals surface area contributed by atoms with Crippen molar-refractivity contribution in [3.05, 3.63) is 65.7 Å². The third-order valence-corrected chi connectivity index (χ3v) is 4.67. The van der Waals surface area contributed by atoms with Crippen LogP contribution in [0, 0.1) is 20.8 Å². The van der Waals surface area contributed by atoms with Gasteiger partial charge in [-0.05, 0) is 39.3 Å². The molecule has 3 nitrogen and oxygen atoms in total. The van der Waals surface area contributed by atoms with E-state index in [2.05, 4.69) is 104 Å². The monoisotopic (exact) mass is 321 g/mol. The summed E-state index contributed by atoms with van der Waals surface area (Å²) in [6, 6.07) is 11.3. The molecule has 2 heterocycles. The molecule has 0 bridgehead atoms. The van der Waals surface area contributed by atoms with Crippen LogP contribution in [-0.2, 0) is 7.05 Å². The van der Waals surface area contributed by atoms with E-state index >= 15 is 0 Å². The maximum atomic E-state index is 2.34. The van der Waals surface area contributed by atoms with Gasteiger partial charge in [-0.2, -0.15) is 4.57 Å². The van der Waals surface area contributed by atoms with Gasteiger partial charge in [-0.15, -0.1) is 0 Å². The van der Waals surface area contributed by atoms with Crippen molar-refractivity contribution in [2.45, 2.75) is 40.7 Å². The molecular weight excluding hydrogens is 294 g/mol. The molecule has 0 unspecified atom stereocenters. The molecule has 3 heteroatoms. The van der Waals surface area contributed by atoms with Crippen LogP contribution in [0.15, 0.2) is 48.9 Å². The topological polar surface area (TPSA) is 12.7 Å². The van der Waals surface area contributed by atoms with E-state index in [0.717, 1.165) is 0 Å². The number of benzene rings is 1. The van der Waals surface area contributed by atoms with Crippen LogP contribution in [0.1, 0.15) is 36.7 Å². The Kier molecular flexibility index (Phi) is 4.27. The molecule has 3 rings (SSSR count). The molecule has 0 aliphatic rings. The zero-order valence-electron chi connectivity index (χ0n) is 15.5. The first-order valence-corrected chi connectivity index (χ1v) is 8.56. The van der Waals surface area contributed by atoms with Crippen LogP contribution in [0.2, 0.25) is 0 Å². The Morgan fingerprint density at radius 1 is 1.00 bits per heavy atom. The Morgan fingerprint density at radius 2 is 1.75 bits per heavy atom. The van der Waals surface area contributed by atoms with Gasteiger partial charge in [0, 0.05) is 30.7 Å². The molecule has 0 saturated carbocycles. The highest BCUT2D eigenvalue weighted by atomic mass is 15.1. The molecule has 0 fully saturated rings. The number of imidazole rings is 1. The molecule has 0 amide bonds. The van der Waals surface area contributed by atoms with E-state index in [-0.39, 0.29) is 0 Å². The van der Waals surface area contributed by atoms with E-state index in [1.165, 1.54) is 33.9 Å². The van der Waals surface area contributed by atoms with Gasteiger partial charge in [0.05, 0.1) is 18.7 Å². The lowest BCUT2D eigenvalue weighted by Gasteiger charge is -2.11. The lowest BCUT2D eigenvalue weighted by molar-refractivity contribution is -0.659. The number of hydrogen-bond donors (Lipinski definition) is 0. The smallest absolute Gasteiger partial charge is 0.233 e. The number of rotatable bonds is 3. The number of aromatic nitrogens is 3. The molecule has 0 saturated heterocycles. The minimum atomic E-state index is 0.427. The highest BCUT2D eigenvalue weighted by molar-refractivity contribution is 5.64. The molecule has 124 valence electrons. The van der Waals surface area contributed by atoms with Crippen molar-refractivity contribution in [3.63, 3.8) is 0 Å². The summed E-state index contributed by atoms with van der Waals surface area (Å²) in [6.45, 7) is 11.0. The first-order chi connectivity index (χ1) is 11.4. The second-order valence-corrected chi connectivity index (χ2v) is 6.90. The molecular formula is C21H27N3+2. The lowest BCUT2D eigenvalue weighted by Crippen LogP contribution is -2.35. The van der Waals surface area contributed by atoms with Crippen LogP contribution in [0.25, 0.3) is 17.1 Å². The van der Waals surface area contributed by atoms with Crippen molar-refractivity contribution in [1.29, 1.82) is 0 Å². The number of hydrogen-bond acceptors (Lipinski definition) is 0. The van der Waals surface area contributed by atoms with Crippen LogP contribution in [-0.4, -0.2) is 4.57 Å². The van der Waals surface area contributed by atoms with Crippen molar-refractivity contribution in [3.8, 4) is 17.1 Å². The van der Waals surface area contributed by atoms with Crippen molar-refractivity contribution >= 4 is 0 Å². The Bertz CT molecular complexity index is 888. The summed E-state index contributed by atoms with van der Waals surface area (Å²) >= 11 is 0. The highest BCUT2D eigenvalue weighted by Crippen LogP contribution is 2.27. The number of pyridine rings is 1.